The lowest BCUT2D eigenvalue weighted by atomic mass is 10.5. The van der Waals surface area contributed by atoms with E-state index in [0.29, 0.717) is 0 Å². The average Bonchev–Trinajstić information content (AvgIpc) is 2.78. The lowest BCUT2D eigenvalue weighted by Crippen LogP contribution is -2.14. The van der Waals surface area contributed by atoms with Crippen molar-refractivity contribution in [1.82, 2.24) is 9.97 Å². The third-order valence-corrected chi connectivity index (χ3v) is 5.07. The smallest absolute Gasteiger partial charge is 0.371 e. The number of nitrogens with zero attached hydrogens (tertiary/aromatic N) is 2. The molecule has 2 heterocycles. The van der Waals surface area contributed by atoms with Gasteiger partial charge in [-0.1, -0.05) is 23.2 Å². The van der Waals surface area contributed by atoms with E-state index < -0.39 is 26.6 Å². The average molecular weight is 417 g/mol. The summed E-state index contributed by atoms with van der Waals surface area (Å²) in [6.07, 6.45) is 1.01. The van der Waals surface area contributed by atoms with Crippen LogP contribution in [0.25, 0.3) is 0 Å². The molecule has 2 aromatic heterocycles. The fraction of sp³-hybridized carbons (Fsp3) is 0. The minimum absolute atomic E-state index is 0.137. The van der Waals surface area contributed by atoms with Crippen molar-refractivity contribution < 1.29 is 22.7 Å². The van der Waals surface area contributed by atoms with Gasteiger partial charge in [-0.2, -0.15) is 0 Å². The summed E-state index contributed by atoms with van der Waals surface area (Å²) in [7, 11) is -4.18. The van der Waals surface area contributed by atoms with E-state index in [1.807, 2.05) is 0 Å². The van der Waals surface area contributed by atoms with Gasteiger partial charge in [-0.3, -0.25) is 4.72 Å². The lowest BCUT2D eigenvalue weighted by molar-refractivity contribution is 0.0661. The molecule has 0 radical (unpaired) electrons. The molecule has 0 amide bonds. The summed E-state index contributed by atoms with van der Waals surface area (Å²) < 4.78 is 30.9. The Morgan fingerprint density at radius 2 is 2.05 bits per heavy atom. The van der Waals surface area contributed by atoms with E-state index >= 15 is 0 Å². The third-order valence-electron chi connectivity index (χ3n) is 2.13. The van der Waals surface area contributed by atoms with Crippen LogP contribution >= 0.6 is 39.1 Å². The summed E-state index contributed by atoms with van der Waals surface area (Å²) in [5, 5.41) is 8.44. The molecular weight excluding hydrogens is 413 g/mol. The van der Waals surface area contributed by atoms with Gasteiger partial charge in [0.25, 0.3) is 10.0 Å². The standard InChI is InChI=1S/C9H4BrCl2N3O5S/c10-6-4(1-3(20-6)9(16)17)21(18,19)15-8-5(11)7(12)13-2-14-8/h1-2H,(H,16,17)(H,13,14,15). The van der Waals surface area contributed by atoms with E-state index in [9.17, 15) is 13.2 Å². The molecule has 0 aliphatic heterocycles. The molecule has 0 aliphatic carbocycles. The van der Waals surface area contributed by atoms with Gasteiger partial charge in [0.1, 0.15) is 16.2 Å². The van der Waals surface area contributed by atoms with Gasteiger partial charge in [-0.05, 0) is 15.9 Å². The molecule has 0 unspecified atom stereocenters. The van der Waals surface area contributed by atoms with Crippen LogP contribution in [0.4, 0.5) is 5.82 Å². The number of anilines is 1. The number of furan rings is 1. The van der Waals surface area contributed by atoms with E-state index in [-0.39, 0.29) is 20.7 Å². The number of halogens is 3. The van der Waals surface area contributed by atoms with Crippen LogP contribution in [0.1, 0.15) is 10.6 Å². The molecule has 0 aliphatic rings. The molecule has 8 nitrogen and oxygen atoms in total. The zero-order valence-electron chi connectivity index (χ0n) is 9.67. The molecule has 0 spiro atoms. The van der Waals surface area contributed by atoms with Crippen LogP contribution in [0.3, 0.4) is 0 Å². The van der Waals surface area contributed by atoms with Crippen LogP contribution < -0.4 is 4.72 Å². The number of hydrogen-bond donors (Lipinski definition) is 2. The predicted octanol–water partition coefficient (Wildman–Crippen LogP) is 2.64. The van der Waals surface area contributed by atoms with Crippen molar-refractivity contribution in [2.45, 2.75) is 4.90 Å². The van der Waals surface area contributed by atoms with E-state index in [4.69, 9.17) is 32.7 Å². The lowest BCUT2D eigenvalue weighted by Gasteiger charge is -2.07. The number of nitrogens with one attached hydrogen (secondary N) is 1. The first-order valence-electron chi connectivity index (χ1n) is 4.94. The highest BCUT2D eigenvalue weighted by atomic mass is 79.9. The van der Waals surface area contributed by atoms with Gasteiger partial charge in [0, 0.05) is 6.07 Å². The molecule has 0 saturated carbocycles. The summed E-state index contributed by atoms with van der Waals surface area (Å²) >= 11 is 14.2. The summed E-state index contributed by atoms with van der Waals surface area (Å²) in [6.45, 7) is 0. The molecular formula is C9H4BrCl2N3O5S. The van der Waals surface area contributed by atoms with Crippen molar-refractivity contribution in [3.63, 3.8) is 0 Å². The third kappa shape index (κ3) is 3.28. The largest absolute Gasteiger partial charge is 0.475 e. The van der Waals surface area contributed by atoms with Crippen LogP contribution in [-0.2, 0) is 10.0 Å². The minimum atomic E-state index is -4.18. The number of aromatic nitrogens is 2. The number of sulfonamides is 1. The van der Waals surface area contributed by atoms with E-state index in [1.54, 1.807) is 0 Å². The normalized spacial score (nSPS) is 11.4. The topological polar surface area (TPSA) is 122 Å². The molecule has 0 atom stereocenters. The minimum Gasteiger partial charge on any atom is -0.475 e. The van der Waals surface area contributed by atoms with Gasteiger partial charge in [0.15, 0.2) is 15.6 Å². The van der Waals surface area contributed by atoms with Gasteiger partial charge < -0.3 is 9.52 Å². The second kappa shape index (κ2) is 5.79. The highest BCUT2D eigenvalue weighted by Crippen LogP contribution is 2.31. The first-order chi connectivity index (χ1) is 9.72. The number of hydrogen-bond acceptors (Lipinski definition) is 6. The number of carbonyl (C=O) groups is 1. The summed E-state index contributed by atoms with van der Waals surface area (Å²) in [5.74, 6) is -2.21. The zero-order chi connectivity index (χ0) is 15.8. The van der Waals surface area contributed by atoms with E-state index in [2.05, 4.69) is 30.6 Å². The Bertz CT molecular complexity index is 823. The van der Waals surface area contributed by atoms with Crippen molar-refractivity contribution in [1.29, 1.82) is 0 Å². The number of rotatable bonds is 4. The monoisotopic (exact) mass is 415 g/mol. The van der Waals surface area contributed by atoms with E-state index in [1.165, 1.54) is 0 Å². The molecule has 0 saturated heterocycles. The molecule has 12 heteroatoms. The zero-order valence-corrected chi connectivity index (χ0v) is 13.6. The molecule has 0 aromatic carbocycles. The fourth-order valence-electron chi connectivity index (χ4n) is 1.24. The van der Waals surface area contributed by atoms with Crippen LogP contribution in [0, 0.1) is 0 Å². The van der Waals surface area contributed by atoms with Gasteiger partial charge in [-0.25, -0.2) is 23.2 Å². The van der Waals surface area contributed by atoms with Crippen molar-refractivity contribution in [2.75, 3.05) is 4.72 Å². The van der Waals surface area contributed by atoms with Gasteiger partial charge >= 0.3 is 5.97 Å². The van der Waals surface area contributed by atoms with Gasteiger partial charge in [0.05, 0.1) is 0 Å². The van der Waals surface area contributed by atoms with Crippen molar-refractivity contribution in [3.8, 4) is 0 Å². The molecule has 0 bridgehead atoms. The van der Waals surface area contributed by atoms with Crippen LogP contribution in [-0.4, -0.2) is 29.5 Å². The molecule has 0 fully saturated rings. The Kier molecular flexibility index (Phi) is 4.42. The van der Waals surface area contributed by atoms with Gasteiger partial charge in [0.2, 0.25) is 5.76 Å². The Balaban J connectivity index is 2.43. The van der Waals surface area contributed by atoms with Crippen LogP contribution in [0.15, 0.2) is 26.4 Å². The molecule has 2 N–H and O–H groups in total. The quantitative estimate of drug-likeness (QED) is 0.734. The maximum Gasteiger partial charge on any atom is 0.371 e. The number of carboxylic acid groups (broad SMARTS) is 1. The molecule has 2 aromatic rings. The second-order valence-corrected chi connectivity index (χ2v) is 6.59. The molecule has 21 heavy (non-hydrogen) atoms. The van der Waals surface area contributed by atoms with Crippen molar-refractivity contribution >= 4 is 60.9 Å². The summed E-state index contributed by atoms with van der Waals surface area (Å²) in [5.41, 5.74) is 0. The fourth-order valence-corrected chi connectivity index (χ4v) is 3.54. The molecule has 2 rings (SSSR count). The Morgan fingerprint density at radius 3 is 2.62 bits per heavy atom. The Morgan fingerprint density at radius 1 is 1.38 bits per heavy atom. The SMILES string of the molecule is O=C(O)c1cc(S(=O)(=O)Nc2ncnc(Cl)c2Cl)c(Br)o1. The Labute approximate surface area is 136 Å². The first kappa shape index (κ1) is 16.0. The van der Waals surface area contributed by atoms with Crippen molar-refractivity contribution in [3.05, 3.63) is 33.0 Å². The summed E-state index contributed by atoms with van der Waals surface area (Å²) in [4.78, 5) is 17.5. The number of aromatic carboxylic acids is 1. The van der Waals surface area contributed by atoms with Crippen LogP contribution in [0.2, 0.25) is 10.2 Å². The van der Waals surface area contributed by atoms with Gasteiger partial charge in [-0.15, -0.1) is 0 Å². The van der Waals surface area contributed by atoms with E-state index in [0.717, 1.165) is 12.4 Å². The molecule has 112 valence electrons. The number of carboxylic acids is 1. The maximum absolute atomic E-state index is 12.2. The van der Waals surface area contributed by atoms with Crippen molar-refractivity contribution in [2.24, 2.45) is 0 Å². The Hall–Kier alpha value is -1.36. The van der Waals surface area contributed by atoms with Crippen LogP contribution in [0.5, 0.6) is 0 Å². The highest BCUT2D eigenvalue weighted by Gasteiger charge is 2.26. The first-order valence-corrected chi connectivity index (χ1v) is 7.97. The predicted molar refractivity (Wildman–Crippen MR) is 76.2 cm³/mol. The summed E-state index contributed by atoms with van der Waals surface area (Å²) in [6, 6.07) is 0.839. The highest BCUT2D eigenvalue weighted by molar-refractivity contribution is 9.10. The maximum atomic E-state index is 12.2. The second-order valence-electron chi connectivity index (χ2n) is 3.49.